The van der Waals surface area contributed by atoms with Crippen LogP contribution in [0, 0.1) is 5.41 Å². The highest BCUT2D eigenvalue weighted by molar-refractivity contribution is 5.83. The number of hydrogen-bond acceptors (Lipinski definition) is 2. The van der Waals surface area contributed by atoms with Crippen molar-refractivity contribution in [2.75, 3.05) is 13.1 Å². The van der Waals surface area contributed by atoms with E-state index in [0.29, 0.717) is 6.54 Å². The Labute approximate surface area is 80.5 Å². The highest BCUT2D eigenvalue weighted by Crippen LogP contribution is 2.09. The van der Waals surface area contributed by atoms with Gasteiger partial charge in [-0.3, -0.25) is 9.59 Å². The van der Waals surface area contributed by atoms with Crippen molar-refractivity contribution in [2.45, 2.75) is 27.7 Å². The summed E-state index contributed by atoms with van der Waals surface area (Å²) in [5.74, 6) is -0.655. The molecule has 0 bridgehead atoms. The molecule has 2 amide bonds. The molecule has 13 heavy (non-hydrogen) atoms. The van der Waals surface area contributed by atoms with Crippen LogP contribution in [-0.4, -0.2) is 24.9 Å². The molecule has 4 heteroatoms. The molecule has 4 nitrogen and oxygen atoms in total. The normalized spacial score (nSPS) is 11.8. The van der Waals surface area contributed by atoms with E-state index in [9.17, 15) is 9.59 Å². The predicted molar refractivity (Wildman–Crippen MR) is 51.1 cm³/mol. The van der Waals surface area contributed by atoms with Crippen LogP contribution >= 0.6 is 0 Å². The summed E-state index contributed by atoms with van der Waals surface area (Å²) in [6, 6.07) is 0. The Balaban J connectivity index is 3.62. The van der Waals surface area contributed by atoms with Gasteiger partial charge in [0.1, 0.15) is 0 Å². The summed E-state index contributed by atoms with van der Waals surface area (Å²) in [5.41, 5.74) is 0.0368. The van der Waals surface area contributed by atoms with Crippen LogP contribution in [0.25, 0.3) is 0 Å². The SMILES string of the molecule is [2H]CC(=O)NCC(=O)NCC(C)(C)C. The van der Waals surface area contributed by atoms with Crippen molar-refractivity contribution in [3.63, 3.8) is 0 Å². The Kier molecular flexibility index (Phi) is 3.73. The molecule has 0 heterocycles. The highest BCUT2D eigenvalue weighted by Gasteiger charge is 2.11. The molecule has 0 fully saturated rings. The molecule has 0 spiro atoms. The monoisotopic (exact) mass is 187 g/mol. The lowest BCUT2D eigenvalue weighted by Gasteiger charge is -2.18. The number of carbonyl (C=O) groups is 2. The first-order chi connectivity index (χ1) is 6.35. The van der Waals surface area contributed by atoms with Crippen molar-refractivity contribution in [2.24, 2.45) is 5.41 Å². The van der Waals surface area contributed by atoms with Crippen LogP contribution in [0.1, 0.15) is 29.0 Å². The van der Waals surface area contributed by atoms with Crippen molar-refractivity contribution < 1.29 is 11.0 Å². The molecule has 0 aliphatic rings. The van der Waals surface area contributed by atoms with Crippen LogP contribution in [0.5, 0.6) is 0 Å². The van der Waals surface area contributed by atoms with Crippen LogP contribution in [0.2, 0.25) is 0 Å². The Morgan fingerprint density at radius 2 is 1.92 bits per heavy atom. The number of carbonyl (C=O) groups excluding carboxylic acids is 2. The fourth-order valence-electron chi connectivity index (χ4n) is 0.605. The lowest BCUT2D eigenvalue weighted by Crippen LogP contribution is -2.39. The molecule has 0 rings (SSSR count). The molecule has 0 aromatic heterocycles. The van der Waals surface area contributed by atoms with Crippen molar-refractivity contribution in [1.82, 2.24) is 10.6 Å². The molecule has 0 saturated heterocycles. The van der Waals surface area contributed by atoms with Gasteiger partial charge in [-0.15, -0.1) is 0 Å². The summed E-state index contributed by atoms with van der Waals surface area (Å²) in [6.07, 6.45) is 0. The van der Waals surface area contributed by atoms with Gasteiger partial charge in [-0.2, -0.15) is 0 Å². The van der Waals surface area contributed by atoms with E-state index in [-0.39, 0.29) is 24.8 Å². The van der Waals surface area contributed by atoms with E-state index in [1.165, 1.54) is 0 Å². The minimum absolute atomic E-state index is 0.0368. The molecular weight excluding hydrogens is 168 g/mol. The van der Waals surface area contributed by atoms with Crippen LogP contribution in [0.4, 0.5) is 0 Å². The molecule has 0 aromatic rings. The second-order valence-corrected chi connectivity index (χ2v) is 4.11. The van der Waals surface area contributed by atoms with E-state index in [4.69, 9.17) is 1.37 Å². The van der Waals surface area contributed by atoms with Crippen LogP contribution < -0.4 is 10.6 Å². The van der Waals surface area contributed by atoms with Crippen LogP contribution in [0.15, 0.2) is 0 Å². The molecular formula is C9H18N2O2. The van der Waals surface area contributed by atoms with E-state index < -0.39 is 5.91 Å². The van der Waals surface area contributed by atoms with Crippen LogP contribution in [0.3, 0.4) is 0 Å². The van der Waals surface area contributed by atoms with Gasteiger partial charge in [0.25, 0.3) is 0 Å². The largest absolute Gasteiger partial charge is 0.354 e. The second-order valence-electron chi connectivity index (χ2n) is 4.11. The van der Waals surface area contributed by atoms with Crippen molar-refractivity contribution in [3.8, 4) is 0 Å². The van der Waals surface area contributed by atoms with Gasteiger partial charge in [0.15, 0.2) is 0 Å². The topological polar surface area (TPSA) is 58.2 Å². The number of hydrogen-bond donors (Lipinski definition) is 2. The summed E-state index contributed by atoms with van der Waals surface area (Å²) in [5, 5.41) is 5.02. The lowest BCUT2D eigenvalue weighted by molar-refractivity contribution is -0.125. The van der Waals surface area contributed by atoms with Crippen LogP contribution in [-0.2, 0) is 9.59 Å². The maximum atomic E-state index is 11.1. The van der Waals surface area contributed by atoms with Crippen molar-refractivity contribution >= 4 is 11.8 Å². The van der Waals surface area contributed by atoms with E-state index in [1.54, 1.807) is 0 Å². The zero-order valence-electron chi connectivity index (χ0n) is 9.44. The van der Waals surface area contributed by atoms with Gasteiger partial charge in [0.2, 0.25) is 11.8 Å². The summed E-state index contributed by atoms with van der Waals surface area (Å²) >= 11 is 0. The Morgan fingerprint density at radius 1 is 1.31 bits per heavy atom. The number of rotatable bonds is 3. The molecule has 0 radical (unpaired) electrons. The first-order valence-corrected chi connectivity index (χ1v) is 4.18. The van der Waals surface area contributed by atoms with Gasteiger partial charge >= 0.3 is 0 Å². The molecule has 0 aromatic carbocycles. The Bertz CT molecular complexity index is 211. The number of amides is 2. The molecule has 76 valence electrons. The lowest BCUT2D eigenvalue weighted by atomic mass is 9.97. The van der Waals surface area contributed by atoms with Crippen molar-refractivity contribution in [3.05, 3.63) is 0 Å². The molecule has 2 N–H and O–H groups in total. The standard InChI is InChI=1S/C9H18N2O2/c1-7(12)10-5-8(13)11-6-9(2,3)4/h5-6H2,1-4H3,(H,10,12)(H,11,13)/i1D. The summed E-state index contributed by atoms with van der Waals surface area (Å²) in [6.45, 7) is 6.21. The summed E-state index contributed by atoms with van der Waals surface area (Å²) in [4.78, 5) is 21.8. The smallest absolute Gasteiger partial charge is 0.239 e. The molecule has 0 aliphatic heterocycles. The third-order valence-corrected chi connectivity index (χ3v) is 1.26. The first-order valence-electron chi connectivity index (χ1n) is 4.88. The fourth-order valence-corrected chi connectivity index (χ4v) is 0.605. The van der Waals surface area contributed by atoms with E-state index >= 15 is 0 Å². The maximum Gasteiger partial charge on any atom is 0.239 e. The fraction of sp³-hybridized carbons (Fsp3) is 0.778. The quantitative estimate of drug-likeness (QED) is 0.667. The van der Waals surface area contributed by atoms with Gasteiger partial charge in [-0.05, 0) is 5.41 Å². The Hall–Kier alpha value is -1.06. The van der Waals surface area contributed by atoms with E-state index in [1.807, 2.05) is 20.8 Å². The maximum absolute atomic E-state index is 11.1. The minimum Gasteiger partial charge on any atom is -0.354 e. The zero-order valence-corrected chi connectivity index (χ0v) is 8.44. The average molecular weight is 187 g/mol. The molecule has 0 unspecified atom stereocenters. The Morgan fingerprint density at radius 3 is 2.38 bits per heavy atom. The van der Waals surface area contributed by atoms with Gasteiger partial charge in [-0.1, -0.05) is 20.8 Å². The molecule has 0 saturated carbocycles. The van der Waals surface area contributed by atoms with E-state index in [0.717, 1.165) is 0 Å². The average Bonchev–Trinajstić information content (AvgIpc) is 2.09. The minimum atomic E-state index is -0.434. The molecule has 0 aliphatic carbocycles. The van der Waals surface area contributed by atoms with Gasteiger partial charge in [0, 0.05) is 14.8 Å². The summed E-state index contributed by atoms with van der Waals surface area (Å²) in [7, 11) is 0. The first kappa shape index (κ1) is 10.0. The third kappa shape index (κ3) is 8.85. The van der Waals surface area contributed by atoms with Gasteiger partial charge in [0.05, 0.1) is 6.54 Å². The molecule has 0 atom stereocenters. The number of nitrogens with one attached hydrogen (secondary N) is 2. The van der Waals surface area contributed by atoms with Gasteiger partial charge < -0.3 is 10.6 Å². The zero-order chi connectivity index (χ0) is 11.2. The third-order valence-electron chi connectivity index (χ3n) is 1.26. The van der Waals surface area contributed by atoms with Gasteiger partial charge in [-0.25, -0.2) is 0 Å². The summed E-state index contributed by atoms with van der Waals surface area (Å²) < 4.78 is 6.71. The predicted octanol–water partition coefficient (Wildman–Crippen LogP) is 0.285. The van der Waals surface area contributed by atoms with Crippen molar-refractivity contribution in [1.29, 1.82) is 0 Å². The second kappa shape index (κ2) is 4.84. The highest BCUT2D eigenvalue weighted by atomic mass is 16.2. The van der Waals surface area contributed by atoms with E-state index in [2.05, 4.69) is 10.6 Å².